The monoisotopic (exact) mass is 243 g/mol. The smallest absolute Gasteiger partial charge is 0.193 e. The van der Waals surface area contributed by atoms with Crippen LogP contribution in [0.5, 0.6) is 0 Å². The Morgan fingerprint density at radius 3 is 3.00 bits per heavy atom. The molecule has 16 heavy (non-hydrogen) atoms. The zero-order chi connectivity index (χ0) is 11.4. The van der Waals surface area contributed by atoms with Crippen molar-refractivity contribution >= 4 is 11.6 Å². The molecule has 1 aromatic heterocycles. The van der Waals surface area contributed by atoms with Gasteiger partial charge in [-0.1, -0.05) is 6.92 Å². The lowest BCUT2D eigenvalue weighted by Gasteiger charge is -2.22. The molecule has 1 aliphatic rings. The van der Waals surface area contributed by atoms with Crippen molar-refractivity contribution in [2.45, 2.75) is 44.9 Å². The predicted octanol–water partition coefficient (Wildman–Crippen LogP) is 2.98. The van der Waals surface area contributed by atoms with Crippen LogP contribution in [-0.2, 0) is 11.3 Å². The fourth-order valence-electron chi connectivity index (χ4n) is 2.14. The fraction of sp³-hybridized carbons (Fsp3) is 0.667. The first-order chi connectivity index (χ1) is 7.79. The molecule has 0 saturated carbocycles. The molecule has 1 aliphatic heterocycles. The Morgan fingerprint density at radius 1 is 1.56 bits per heavy atom. The van der Waals surface area contributed by atoms with Gasteiger partial charge in [0.1, 0.15) is 5.76 Å². The zero-order valence-corrected chi connectivity index (χ0v) is 10.3. The highest BCUT2D eigenvalue weighted by atomic mass is 35.5. The standard InChI is InChI=1S/C12H18ClNO2/c1-2-10(11-4-3-7-15-11)14-8-9-5-6-12(13)16-9/h5-6,10-11,14H,2-4,7-8H2,1H3. The van der Waals surface area contributed by atoms with Crippen LogP contribution >= 0.6 is 11.6 Å². The average Bonchev–Trinajstić information content (AvgIpc) is 2.91. The molecule has 2 unspecified atom stereocenters. The van der Waals surface area contributed by atoms with E-state index in [4.69, 9.17) is 20.8 Å². The summed E-state index contributed by atoms with van der Waals surface area (Å²) in [6.45, 7) is 3.79. The molecule has 2 rings (SSSR count). The molecule has 90 valence electrons. The van der Waals surface area contributed by atoms with Crippen LogP contribution in [0.15, 0.2) is 16.5 Å². The van der Waals surface area contributed by atoms with Gasteiger partial charge in [0.25, 0.3) is 0 Å². The van der Waals surface area contributed by atoms with Crippen LogP contribution in [0.4, 0.5) is 0 Å². The van der Waals surface area contributed by atoms with Gasteiger partial charge in [-0.3, -0.25) is 0 Å². The van der Waals surface area contributed by atoms with E-state index in [1.54, 1.807) is 6.07 Å². The summed E-state index contributed by atoms with van der Waals surface area (Å²) >= 11 is 5.72. The van der Waals surface area contributed by atoms with Gasteiger partial charge in [-0.25, -0.2) is 0 Å². The third-order valence-corrected chi connectivity index (χ3v) is 3.22. The zero-order valence-electron chi connectivity index (χ0n) is 9.54. The van der Waals surface area contributed by atoms with Crippen molar-refractivity contribution in [1.29, 1.82) is 0 Å². The quantitative estimate of drug-likeness (QED) is 0.864. The highest BCUT2D eigenvalue weighted by molar-refractivity contribution is 6.28. The molecule has 1 aromatic rings. The molecule has 0 amide bonds. The SMILES string of the molecule is CCC(NCc1ccc(Cl)o1)C1CCCO1. The van der Waals surface area contributed by atoms with Gasteiger partial charge in [0.2, 0.25) is 0 Å². The van der Waals surface area contributed by atoms with Crippen molar-refractivity contribution in [2.75, 3.05) is 6.61 Å². The van der Waals surface area contributed by atoms with Gasteiger partial charge in [0.15, 0.2) is 5.22 Å². The van der Waals surface area contributed by atoms with E-state index in [2.05, 4.69) is 12.2 Å². The predicted molar refractivity (Wildman–Crippen MR) is 63.6 cm³/mol. The summed E-state index contributed by atoms with van der Waals surface area (Å²) < 4.78 is 11.0. The van der Waals surface area contributed by atoms with Gasteiger partial charge in [-0.15, -0.1) is 0 Å². The first-order valence-electron chi connectivity index (χ1n) is 5.89. The number of hydrogen-bond donors (Lipinski definition) is 1. The fourth-order valence-corrected chi connectivity index (χ4v) is 2.30. The van der Waals surface area contributed by atoms with Crippen LogP contribution in [0, 0.1) is 0 Å². The maximum absolute atomic E-state index is 5.72. The molecule has 1 N–H and O–H groups in total. The van der Waals surface area contributed by atoms with E-state index < -0.39 is 0 Å². The van der Waals surface area contributed by atoms with E-state index in [-0.39, 0.29) is 0 Å². The second-order valence-electron chi connectivity index (χ2n) is 4.15. The Morgan fingerprint density at radius 2 is 2.44 bits per heavy atom. The van der Waals surface area contributed by atoms with Gasteiger partial charge in [-0.05, 0) is 43.0 Å². The molecule has 0 spiro atoms. The maximum atomic E-state index is 5.72. The molecular weight excluding hydrogens is 226 g/mol. The lowest BCUT2D eigenvalue weighted by Crippen LogP contribution is -2.38. The second kappa shape index (κ2) is 5.71. The van der Waals surface area contributed by atoms with Crippen molar-refractivity contribution in [2.24, 2.45) is 0 Å². The summed E-state index contributed by atoms with van der Waals surface area (Å²) in [7, 11) is 0. The first-order valence-corrected chi connectivity index (χ1v) is 6.26. The maximum Gasteiger partial charge on any atom is 0.193 e. The lowest BCUT2D eigenvalue weighted by molar-refractivity contribution is 0.0758. The van der Waals surface area contributed by atoms with E-state index in [1.165, 1.54) is 6.42 Å². The second-order valence-corrected chi connectivity index (χ2v) is 4.53. The minimum absolute atomic E-state index is 0.357. The highest BCUT2D eigenvalue weighted by Gasteiger charge is 2.24. The lowest BCUT2D eigenvalue weighted by atomic mass is 10.1. The van der Waals surface area contributed by atoms with Crippen molar-refractivity contribution < 1.29 is 9.15 Å². The van der Waals surface area contributed by atoms with Crippen LogP contribution in [0.25, 0.3) is 0 Å². The van der Waals surface area contributed by atoms with Gasteiger partial charge in [0.05, 0.1) is 12.6 Å². The number of ether oxygens (including phenoxy) is 1. The van der Waals surface area contributed by atoms with Crippen LogP contribution in [0.1, 0.15) is 31.9 Å². The Labute approximate surface area is 101 Å². The van der Waals surface area contributed by atoms with Crippen LogP contribution in [0.2, 0.25) is 5.22 Å². The Hall–Kier alpha value is -0.510. The van der Waals surface area contributed by atoms with E-state index in [9.17, 15) is 0 Å². The highest BCUT2D eigenvalue weighted by Crippen LogP contribution is 2.18. The van der Waals surface area contributed by atoms with Gasteiger partial charge < -0.3 is 14.5 Å². The minimum atomic E-state index is 0.357. The summed E-state index contributed by atoms with van der Waals surface area (Å²) in [5.74, 6) is 0.876. The molecule has 1 saturated heterocycles. The van der Waals surface area contributed by atoms with Gasteiger partial charge >= 0.3 is 0 Å². The summed E-state index contributed by atoms with van der Waals surface area (Å²) in [6, 6.07) is 4.08. The van der Waals surface area contributed by atoms with Crippen molar-refractivity contribution in [3.05, 3.63) is 23.1 Å². The van der Waals surface area contributed by atoms with E-state index in [1.807, 2.05) is 6.07 Å². The molecule has 0 aliphatic carbocycles. The Bertz CT molecular complexity index is 321. The number of rotatable bonds is 5. The average molecular weight is 244 g/mol. The molecular formula is C12H18ClNO2. The first kappa shape index (κ1) is 12.0. The third kappa shape index (κ3) is 3.00. The normalized spacial score (nSPS) is 22.5. The van der Waals surface area contributed by atoms with E-state index in [0.29, 0.717) is 23.9 Å². The number of hydrogen-bond acceptors (Lipinski definition) is 3. The summed E-state index contributed by atoms with van der Waals surface area (Å²) in [5, 5.41) is 3.91. The summed E-state index contributed by atoms with van der Waals surface area (Å²) in [6.07, 6.45) is 3.76. The van der Waals surface area contributed by atoms with Gasteiger partial charge in [0, 0.05) is 12.6 Å². The Balaban J connectivity index is 1.82. The molecule has 0 radical (unpaired) electrons. The molecule has 2 heterocycles. The molecule has 2 atom stereocenters. The number of nitrogens with one attached hydrogen (secondary N) is 1. The number of halogens is 1. The van der Waals surface area contributed by atoms with Crippen LogP contribution in [-0.4, -0.2) is 18.8 Å². The van der Waals surface area contributed by atoms with Crippen LogP contribution in [0.3, 0.4) is 0 Å². The molecule has 0 bridgehead atoms. The van der Waals surface area contributed by atoms with Crippen molar-refractivity contribution in [1.82, 2.24) is 5.32 Å². The van der Waals surface area contributed by atoms with Crippen LogP contribution < -0.4 is 5.32 Å². The molecule has 4 heteroatoms. The number of furan rings is 1. The van der Waals surface area contributed by atoms with Gasteiger partial charge in [-0.2, -0.15) is 0 Å². The Kier molecular flexibility index (Phi) is 4.27. The molecule has 3 nitrogen and oxygen atoms in total. The largest absolute Gasteiger partial charge is 0.448 e. The van der Waals surface area contributed by atoms with Crippen molar-refractivity contribution in [3.63, 3.8) is 0 Å². The molecule has 0 aromatic carbocycles. The van der Waals surface area contributed by atoms with Crippen molar-refractivity contribution in [3.8, 4) is 0 Å². The van der Waals surface area contributed by atoms with E-state index in [0.717, 1.165) is 25.2 Å². The third-order valence-electron chi connectivity index (χ3n) is 3.02. The summed E-state index contributed by atoms with van der Waals surface area (Å²) in [5.41, 5.74) is 0. The van der Waals surface area contributed by atoms with E-state index >= 15 is 0 Å². The topological polar surface area (TPSA) is 34.4 Å². The summed E-state index contributed by atoms with van der Waals surface area (Å²) in [4.78, 5) is 0. The minimum Gasteiger partial charge on any atom is -0.448 e. The molecule has 1 fully saturated rings.